The quantitative estimate of drug-likeness (QED) is 0.419. The van der Waals surface area contributed by atoms with E-state index >= 15 is 0 Å². The highest BCUT2D eigenvalue weighted by Gasteiger charge is 2.19. The fourth-order valence-electron chi connectivity index (χ4n) is 3.26. The molecule has 0 spiro atoms. The van der Waals surface area contributed by atoms with Crippen LogP contribution in [0.1, 0.15) is 21.7 Å². The minimum absolute atomic E-state index is 0.00179. The molecule has 2 aromatic carbocycles. The van der Waals surface area contributed by atoms with Crippen molar-refractivity contribution in [2.75, 3.05) is 24.3 Å². The van der Waals surface area contributed by atoms with Crippen molar-refractivity contribution in [1.82, 2.24) is 19.7 Å². The molecule has 9 nitrogen and oxygen atoms in total. The van der Waals surface area contributed by atoms with Crippen molar-refractivity contribution in [2.45, 2.75) is 6.54 Å². The van der Waals surface area contributed by atoms with Crippen molar-refractivity contribution in [1.29, 1.82) is 5.26 Å². The molecule has 0 bridgehead atoms. The Balaban J connectivity index is 1.62. The van der Waals surface area contributed by atoms with Gasteiger partial charge in [0, 0.05) is 32.3 Å². The van der Waals surface area contributed by atoms with E-state index in [0.29, 0.717) is 29.4 Å². The summed E-state index contributed by atoms with van der Waals surface area (Å²) in [6, 6.07) is 14.9. The predicted molar refractivity (Wildman–Crippen MR) is 122 cm³/mol. The van der Waals surface area contributed by atoms with Crippen LogP contribution in [0, 0.1) is 17.1 Å². The van der Waals surface area contributed by atoms with Crippen LogP contribution < -0.4 is 16.0 Å². The molecule has 1 amide bonds. The summed E-state index contributed by atoms with van der Waals surface area (Å²) in [7, 11) is 3.69. The average molecular weight is 444 g/mol. The van der Waals surface area contributed by atoms with E-state index in [1.54, 1.807) is 35.4 Å². The third kappa shape index (κ3) is 4.44. The van der Waals surface area contributed by atoms with Crippen LogP contribution in [0.2, 0.25) is 0 Å². The smallest absolute Gasteiger partial charge is 0.274 e. The monoisotopic (exact) mass is 444 g/mol. The molecule has 0 radical (unpaired) electrons. The first-order chi connectivity index (χ1) is 15.9. The fourth-order valence-corrected chi connectivity index (χ4v) is 3.26. The Hall–Kier alpha value is -4.49. The number of nitrogens with two attached hydrogens (primary N) is 1. The molecule has 0 unspecified atom stereocenters. The van der Waals surface area contributed by atoms with E-state index < -0.39 is 11.7 Å². The van der Waals surface area contributed by atoms with Gasteiger partial charge in [0.2, 0.25) is 5.95 Å². The van der Waals surface area contributed by atoms with Gasteiger partial charge >= 0.3 is 0 Å². The number of carbonyl (C=O) groups is 1. The Morgan fingerprint density at radius 3 is 2.76 bits per heavy atom. The van der Waals surface area contributed by atoms with Gasteiger partial charge in [0.1, 0.15) is 17.6 Å². The van der Waals surface area contributed by atoms with Gasteiger partial charge < -0.3 is 20.9 Å². The number of H-pyrrole nitrogens is 1. The predicted octanol–water partition coefficient (Wildman–Crippen LogP) is 3.05. The van der Waals surface area contributed by atoms with Crippen molar-refractivity contribution in [2.24, 2.45) is 5.73 Å². The second-order valence-electron chi connectivity index (χ2n) is 7.48. The lowest BCUT2D eigenvalue weighted by Gasteiger charge is -2.11. The van der Waals surface area contributed by atoms with E-state index in [1.807, 2.05) is 26.2 Å². The minimum Gasteiger partial charge on any atom is -0.349 e. The maximum atomic E-state index is 14.8. The molecule has 2 aromatic heterocycles. The molecule has 33 heavy (non-hydrogen) atoms. The van der Waals surface area contributed by atoms with Crippen molar-refractivity contribution in [3.8, 4) is 23.0 Å². The second kappa shape index (κ2) is 8.94. The lowest BCUT2D eigenvalue weighted by molar-refractivity contribution is 0.101. The van der Waals surface area contributed by atoms with Crippen molar-refractivity contribution >= 4 is 17.5 Å². The number of benzene rings is 2. The summed E-state index contributed by atoms with van der Waals surface area (Å²) in [6.07, 6.45) is 1.61. The minimum atomic E-state index is -0.612. The summed E-state index contributed by atoms with van der Waals surface area (Å²) < 4.78 is 16.2. The third-order valence-electron chi connectivity index (χ3n) is 4.96. The number of aromatic amines is 1. The maximum absolute atomic E-state index is 14.8. The number of hydrogen-bond donors (Lipinski definition) is 3. The molecule has 166 valence electrons. The molecule has 0 aliphatic rings. The van der Waals surface area contributed by atoms with Crippen molar-refractivity contribution < 1.29 is 9.18 Å². The zero-order valence-electron chi connectivity index (χ0n) is 18.0. The van der Waals surface area contributed by atoms with Crippen molar-refractivity contribution in [3.05, 3.63) is 77.5 Å². The van der Waals surface area contributed by atoms with E-state index in [0.717, 1.165) is 5.56 Å². The molecule has 0 saturated heterocycles. The molecule has 10 heteroatoms. The number of rotatable bonds is 6. The van der Waals surface area contributed by atoms with Crippen molar-refractivity contribution in [3.63, 3.8) is 0 Å². The van der Waals surface area contributed by atoms with E-state index in [4.69, 9.17) is 5.73 Å². The molecular weight excluding hydrogens is 423 g/mol. The molecule has 0 aliphatic carbocycles. The van der Waals surface area contributed by atoms with Crippen LogP contribution in [0.5, 0.6) is 0 Å². The first-order valence-electron chi connectivity index (χ1n) is 10.0. The van der Waals surface area contributed by atoms with Gasteiger partial charge in [-0.2, -0.15) is 10.4 Å². The summed E-state index contributed by atoms with van der Waals surface area (Å²) in [4.78, 5) is 22.1. The zero-order valence-corrected chi connectivity index (χ0v) is 18.0. The van der Waals surface area contributed by atoms with E-state index in [2.05, 4.69) is 20.4 Å². The number of imidazole rings is 1. The first kappa shape index (κ1) is 21.7. The van der Waals surface area contributed by atoms with Gasteiger partial charge in [-0.05, 0) is 29.8 Å². The van der Waals surface area contributed by atoms with Crippen LogP contribution in [0.15, 0.2) is 54.7 Å². The molecule has 0 fully saturated rings. The van der Waals surface area contributed by atoms with Crippen LogP contribution in [0.3, 0.4) is 0 Å². The molecular formula is C23H21FN8O. The molecule has 2 heterocycles. The van der Waals surface area contributed by atoms with Gasteiger partial charge in [0.05, 0.1) is 23.3 Å². The number of aromatic nitrogens is 4. The normalized spacial score (nSPS) is 10.6. The fraction of sp³-hybridized carbons (Fsp3) is 0.130. The largest absolute Gasteiger partial charge is 0.349 e. The van der Waals surface area contributed by atoms with E-state index in [9.17, 15) is 14.4 Å². The third-order valence-corrected chi connectivity index (χ3v) is 4.96. The van der Waals surface area contributed by atoms with E-state index in [-0.39, 0.29) is 17.1 Å². The topological polar surface area (TPSA) is 129 Å². The van der Waals surface area contributed by atoms with Crippen LogP contribution in [-0.4, -0.2) is 39.8 Å². The second-order valence-corrected chi connectivity index (χ2v) is 7.48. The molecule has 4 N–H and O–H groups in total. The summed E-state index contributed by atoms with van der Waals surface area (Å²) in [5.41, 5.74) is 8.49. The SMILES string of the molecule is CN(C)c1ncc(-c2ccc(NC(=O)c3cc(C#N)nn3-c3cccc(CN)c3)c(F)c2)[nH]1. The van der Waals surface area contributed by atoms with Gasteiger partial charge in [-0.25, -0.2) is 14.1 Å². The number of nitrogens with zero attached hydrogens (tertiary/aromatic N) is 5. The van der Waals surface area contributed by atoms with Gasteiger partial charge in [-0.3, -0.25) is 4.79 Å². The summed E-state index contributed by atoms with van der Waals surface area (Å²) >= 11 is 0. The Morgan fingerprint density at radius 1 is 1.27 bits per heavy atom. The molecule has 4 rings (SSSR count). The molecule has 0 aliphatic heterocycles. The molecule has 0 saturated carbocycles. The van der Waals surface area contributed by atoms with Crippen LogP contribution in [-0.2, 0) is 6.54 Å². The lowest BCUT2D eigenvalue weighted by Crippen LogP contribution is -2.18. The Labute approximate surface area is 189 Å². The molecule has 0 atom stereocenters. The average Bonchev–Trinajstić information content (AvgIpc) is 3.48. The number of nitriles is 1. The summed E-state index contributed by atoms with van der Waals surface area (Å²) in [6.45, 7) is 0.311. The van der Waals surface area contributed by atoms with Gasteiger partial charge in [0.15, 0.2) is 5.69 Å². The Bertz CT molecular complexity index is 1370. The zero-order chi connectivity index (χ0) is 23.5. The summed E-state index contributed by atoms with van der Waals surface area (Å²) in [5.74, 6) is -0.577. The van der Waals surface area contributed by atoms with Crippen LogP contribution in [0.25, 0.3) is 16.9 Å². The standard InChI is InChI=1S/C23H21FN8O/c1-31(2)23-27-13-20(29-23)15-6-7-19(18(24)9-15)28-22(33)21-10-16(12-26)30-32(21)17-5-3-4-14(8-17)11-25/h3-10,13H,11,25H2,1-2H3,(H,27,29)(H,28,33). The number of carbonyl (C=O) groups excluding carboxylic acids is 1. The highest BCUT2D eigenvalue weighted by molar-refractivity contribution is 6.03. The number of hydrogen-bond acceptors (Lipinski definition) is 6. The number of halogens is 1. The number of anilines is 2. The van der Waals surface area contributed by atoms with Gasteiger partial charge in [0.25, 0.3) is 5.91 Å². The van der Waals surface area contributed by atoms with Gasteiger partial charge in [-0.15, -0.1) is 0 Å². The highest BCUT2D eigenvalue weighted by Crippen LogP contribution is 2.25. The van der Waals surface area contributed by atoms with E-state index in [1.165, 1.54) is 22.9 Å². The molecule has 4 aromatic rings. The van der Waals surface area contributed by atoms with Crippen LogP contribution >= 0.6 is 0 Å². The van der Waals surface area contributed by atoms with Gasteiger partial charge in [-0.1, -0.05) is 18.2 Å². The lowest BCUT2D eigenvalue weighted by atomic mass is 10.1. The first-order valence-corrected chi connectivity index (χ1v) is 10.0. The summed E-state index contributed by atoms with van der Waals surface area (Å²) in [5, 5.41) is 16.0. The number of amides is 1. The van der Waals surface area contributed by atoms with Crippen LogP contribution in [0.4, 0.5) is 16.0 Å². The number of nitrogens with one attached hydrogen (secondary N) is 2. The highest BCUT2D eigenvalue weighted by atomic mass is 19.1. The maximum Gasteiger partial charge on any atom is 0.274 e. The Morgan fingerprint density at radius 2 is 2.09 bits per heavy atom. The Kier molecular flexibility index (Phi) is 5.89.